The van der Waals surface area contributed by atoms with Crippen LogP contribution >= 0.6 is 11.3 Å². The van der Waals surface area contributed by atoms with Crippen LogP contribution in [0.1, 0.15) is 75.2 Å². The number of hydrogen-bond acceptors (Lipinski definition) is 2. The van der Waals surface area contributed by atoms with Crippen molar-refractivity contribution in [1.29, 1.82) is 0 Å². The topological polar surface area (TPSA) is 12.0 Å². The molecule has 0 aliphatic heterocycles. The van der Waals surface area contributed by atoms with E-state index in [0.717, 1.165) is 11.8 Å². The molecule has 0 amide bonds. The largest absolute Gasteiger partial charge is 0.316 e. The molecular weight excluding hydrogens is 262 g/mol. The second-order valence-electron chi connectivity index (χ2n) is 6.35. The summed E-state index contributed by atoms with van der Waals surface area (Å²) in [5, 5.41) is 5.94. The highest BCUT2D eigenvalue weighted by atomic mass is 32.1. The first-order chi connectivity index (χ1) is 9.80. The van der Waals surface area contributed by atoms with E-state index in [2.05, 4.69) is 37.7 Å². The maximum atomic E-state index is 3.65. The number of aryl methyl sites for hydroxylation is 1. The molecule has 1 heterocycles. The van der Waals surface area contributed by atoms with Crippen molar-refractivity contribution >= 4 is 11.3 Å². The number of thiophene rings is 1. The van der Waals surface area contributed by atoms with Gasteiger partial charge in [-0.3, -0.25) is 0 Å². The molecule has 0 fully saturated rings. The highest BCUT2D eigenvalue weighted by Crippen LogP contribution is 2.39. The van der Waals surface area contributed by atoms with Gasteiger partial charge in [-0.25, -0.2) is 0 Å². The lowest BCUT2D eigenvalue weighted by Gasteiger charge is -2.33. The lowest BCUT2D eigenvalue weighted by Crippen LogP contribution is -2.35. The Hall–Kier alpha value is -0.340. The summed E-state index contributed by atoms with van der Waals surface area (Å²) in [5.41, 5.74) is 1.66. The van der Waals surface area contributed by atoms with Crippen LogP contribution in [0.2, 0.25) is 0 Å². The standard InChI is InChI=1S/C18H31NS/c1-4-6-8-14(5-2)13-17(19-3)15-9-7-10-18-16(15)11-12-20-18/h11-12,14-15,17,19H,4-10,13H2,1-3H3. The van der Waals surface area contributed by atoms with Crippen molar-refractivity contribution in [3.63, 3.8) is 0 Å². The Morgan fingerprint density at radius 3 is 2.95 bits per heavy atom. The molecule has 0 radical (unpaired) electrons. The van der Waals surface area contributed by atoms with E-state index in [4.69, 9.17) is 0 Å². The van der Waals surface area contributed by atoms with Crippen LogP contribution in [0.4, 0.5) is 0 Å². The van der Waals surface area contributed by atoms with Crippen LogP contribution in [0.25, 0.3) is 0 Å². The summed E-state index contributed by atoms with van der Waals surface area (Å²) in [6.07, 6.45) is 10.9. The SMILES string of the molecule is CCCCC(CC)CC(NC)C1CCCc2sccc21. The van der Waals surface area contributed by atoms with E-state index in [1.54, 1.807) is 10.4 Å². The van der Waals surface area contributed by atoms with E-state index in [1.165, 1.54) is 51.4 Å². The second kappa shape index (κ2) is 8.19. The van der Waals surface area contributed by atoms with Crippen molar-refractivity contribution < 1.29 is 0 Å². The number of hydrogen-bond donors (Lipinski definition) is 1. The Bertz CT molecular complexity index is 385. The van der Waals surface area contributed by atoms with Gasteiger partial charge in [0.2, 0.25) is 0 Å². The van der Waals surface area contributed by atoms with Gasteiger partial charge in [-0.2, -0.15) is 0 Å². The third kappa shape index (κ3) is 3.85. The quantitative estimate of drug-likeness (QED) is 0.680. The average Bonchev–Trinajstić information content (AvgIpc) is 2.96. The van der Waals surface area contributed by atoms with Gasteiger partial charge in [0.05, 0.1) is 0 Å². The summed E-state index contributed by atoms with van der Waals surface area (Å²) in [5.74, 6) is 1.65. The van der Waals surface area contributed by atoms with Crippen molar-refractivity contribution in [3.8, 4) is 0 Å². The zero-order valence-corrected chi connectivity index (χ0v) is 14.3. The minimum Gasteiger partial charge on any atom is -0.316 e. The molecule has 114 valence electrons. The molecular formula is C18H31NS. The summed E-state index contributed by atoms with van der Waals surface area (Å²) < 4.78 is 0. The molecule has 3 unspecified atom stereocenters. The third-order valence-electron chi connectivity index (χ3n) is 5.09. The molecule has 1 aliphatic carbocycles. The van der Waals surface area contributed by atoms with E-state index in [1.807, 2.05) is 11.3 Å². The van der Waals surface area contributed by atoms with E-state index in [9.17, 15) is 0 Å². The van der Waals surface area contributed by atoms with Gasteiger partial charge in [-0.1, -0.05) is 39.5 Å². The van der Waals surface area contributed by atoms with Crippen LogP contribution in [0.5, 0.6) is 0 Å². The fourth-order valence-electron chi connectivity index (χ4n) is 3.76. The molecule has 1 aromatic rings. The van der Waals surface area contributed by atoms with Crippen molar-refractivity contribution in [3.05, 3.63) is 21.9 Å². The minimum atomic E-state index is 0.672. The van der Waals surface area contributed by atoms with Crippen molar-refractivity contribution in [1.82, 2.24) is 5.32 Å². The smallest absolute Gasteiger partial charge is 0.0136 e. The number of rotatable bonds is 8. The second-order valence-corrected chi connectivity index (χ2v) is 7.35. The molecule has 20 heavy (non-hydrogen) atoms. The lowest BCUT2D eigenvalue weighted by molar-refractivity contribution is 0.313. The number of fused-ring (bicyclic) bond motifs is 1. The van der Waals surface area contributed by atoms with Gasteiger partial charge in [0.1, 0.15) is 0 Å². The predicted octanol–water partition coefficient (Wildman–Crippen LogP) is 5.36. The van der Waals surface area contributed by atoms with E-state index < -0.39 is 0 Å². The summed E-state index contributed by atoms with van der Waals surface area (Å²) in [4.78, 5) is 1.66. The average molecular weight is 294 g/mol. The molecule has 1 nitrogen and oxygen atoms in total. The summed E-state index contributed by atoms with van der Waals surface area (Å²) in [6.45, 7) is 4.67. The van der Waals surface area contributed by atoms with Crippen molar-refractivity contribution in [2.75, 3.05) is 7.05 Å². The summed E-state index contributed by atoms with van der Waals surface area (Å²) >= 11 is 1.97. The molecule has 2 heteroatoms. The first-order valence-electron chi connectivity index (χ1n) is 8.53. The van der Waals surface area contributed by atoms with Crippen LogP contribution in [-0.4, -0.2) is 13.1 Å². The van der Waals surface area contributed by atoms with Gasteiger partial charge in [0, 0.05) is 16.8 Å². The monoisotopic (exact) mass is 293 g/mol. The van der Waals surface area contributed by atoms with Crippen molar-refractivity contribution in [2.45, 2.75) is 77.2 Å². The van der Waals surface area contributed by atoms with Gasteiger partial charge in [-0.15, -0.1) is 11.3 Å². The molecule has 1 aromatic heterocycles. The lowest BCUT2D eigenvalue weighted by atomic mass is 9.78. The van der Waals surface area contributed by atoms with Gasteiger partial charge < -0.3 is 5.32 Å². The highest BCUT2D eigenvalue weighted by Gasteiger charge is 2.29. The molecule has 0 aromatic carbocycles. The number of unbranched alkanes of at least 4 members (excludes halogenated alkanes) is 1. The Morgan fingerprint density at radius 1 is 1.40 bits per heavy atom. The summed E-state index contributed by atoms with van der Waals surface area (Å²) in [6, 6.07) is 3.06. The van der Waals surface area contributed by atoms with Crippen LogP contribution in [0.3, 0.4) is 0 Å². The van der Waals surface area contributed by atoms with Crippen LogP contribution in [-0.2, 0) is 6.42 Å². The fourth-order valence-corrected chi connectivity index (χ4v) is 4.76. The molecule has 0 bridgehead atoms. The molecule has 1 aliphatic rings. The number of nitrogens with one attached hydrogen (secondary N) is 1. The van der Waals surface area contributed by atoms with E-state index in [-0.39, 0.29) is 0 Å². The van der Waals surface area contributed by atoms with Gasteiger partial charge in [-0.05, 0) is 55.7 Å². The summed E-state index contributed by atoms with van der Waals surface area (Å²) in [7, 11) is 2.16. The first kappa shape index (κ1) is 16.0. The Balaban J connectivity index is 2.02. The maximum Gasteiger partial charge on any atom is 0.0136 e. The predicted molar refractivity (Wildman–Crippen MR) is 90.8 cm³/mol. The molecule has 0 saturated heterocycles. The minimum absolute atomic E-state index is 0.672. The van der Waals surface area contributed by atoms with Crippen LogP contribution in [0.15, 0.2) is 11.4 Å². The van der Waals surface area contributed by atoms with Crippen LogP contribution in [0, 0.1) is 5.92 Å². The Morgan fingerprint density at radius 2 is 2.25 bits per heavy atom. The van der Waals surface area contributed by atoms with Gasteiger partial charge in [0.15, 0.2) is 0 Å². The Kier molecular flexibility index (Phi) is 6.57. The molecule has 0 saturated carbocycles. The molecule has 2 rings (SSSR count). The third-order valence-corrected chi connectivity index (χ3v) is 6.08. The molecule has 1 N–H and O–H groups in total. The molecule has 0 spiro atoms. The van der Waals surface area contributed by atoms with E-state index in [0.29, 0.717) is 6.04 Å². The fraction of sp³-hybridized carbons (Fsp3) is 0.778. The zero-order chi connectivity index (χ0) is 14.4. The van der Waals surface area contributed by atoms with E-state index >= 15 is 0 Å². The normalized spacial score (nSPS) is 21.4. The van der Waals surface area contributed by atoms with Gasteiger partial charge in [0.25, 0.3) is 0 Å². The molecule has 3 atom stereocenters. The first-order valence-corrected chi connectivity index (χ1v) is 9.41. The highest BCUT2D eigenvalue weighted by molar-refractivity contribution is 7.10. The maximum absolute atomic E-state index is 3.65. The number of likely N-dealkylation sites (N-methyl/N-ethyl adjacent to an activating group) is 1. The van der Waals surface area contributed by atoms with Crippen molar-refractivity contribution in [2.24, 2.45) is 5.92 Å². The van der Waals surface area contributed by atoms with Crippen LogP contribution < -0.4 is 5.32 Å². The zero-order valence-electron chi connectivity index (χ0n) is 13.5. The van der Waals surface area contributed by atoms with Gasteiger partial charge >= 0.3 is 0 Å². The Labute approximate surface area is 129 Å².